The summed E-state index contributed by atoms with van der Waals surface area (Å²) in [4.78, 5) is 13.5. The van der Waals surface area contributed by atoms with Gasteiger partial charge in [-0.25, -0.2) is 0 Å². The van der Waals surface area contributed by atoms with Gasteiger partial charge in [-0.1, -0.05) is 33.1 Å². The Morgan fingerprint density at radius 2 is 2.14 bits per heavy atom. The Bertz CT molecular complexity index is 182. The lowest BCUT2D eigenvalue weighted by Gasteiger charge is -2.23. The summed E-state index contributed by atoms with van der Waals surface area (Å²) >= 11 is 0. The molecule has 1 heterocycles. The maximum atomic E-state index is 11.5. The van der Waals surface area contributed by atoms with Crippen molar-refractivity contribution in [2.75, 3.05) is 13.1 Å². The molecule has 1 aliphatic rings. The topological polar surface area (TPSA) is 32.3 Å². The predicted molar refractivity (Wildman–Crippen MR) is 57.9 cm³/mol. The average molecular weight is 198 g/mol. The van der Waals surface area contributed by atoms with Crippen LogP contribution in [0.3, 0.4) is 0 Å². The number of carbonyl (C=O) groups is 1. The quantitative estimate of drug-likeness (QED) is 0.659. The number of unbranched alkanes of at least 4 members (excludes halogenated alkanes) is 2. The van der Waals surface area contributed by atoms with Gasteiger partial charge in [-0.3, -0.25) is 10.1 Å². The van der Waals surface area contributed by atoms with Crippen molar-refractivity contribution in [2.24, 2.45) is 0 Å². The maximum absolute atomic E-state index is 11.5. The Labute approximate surface area is 86.9 Å². The van der Waals surface area contributed by atoms with E-state index in [-0.39, 0.29) is 5.91 Å². The van der Waals surface area contributed by atoms with E-state index in [0.29, 0.717) is 12.7 Å². The molecule has 1 saturated heterocycles. The summed E-state index contributed by atoms with van der Waals surface area (Å²) in [5.41, 5.74) is 0. The first-order valence-electron chi connectivity index (χ1n) is 5.82. The van der Waals surface area contributed by atoms with Crippen LogP contribution in [-0.2, 0) is 4.79 Å². The monoisotopic (exact) mass is 198 g/mol. The lowest BCUT2D eigenvalue weighted by atomic mass is 10.2. The zero-order valence-corrected chi connectivity index (χ0v) is 9.38. The number of amides is 1. The first kappa shape index (κ1) is 11.5. The van der Waals surface area contributed by atoms with Crippen molar-refractivity contribution < 1.29 is 4.79 Å². The number of hydrogen-bond acceptors (Lipinski definition) is 2. The molecule has 1 N–H and O–H groups in total. The summed E-state index contributed by atoms with van der Waals surface area (Å²) in [6, 6.07) is 0. The van der Waals surface area contributed by atoms with Crippen LogP contribution in [0.4, 0.5) is 0 Å². The molecule has 0 saturated carbocycles. The minimum atomic E-state index is 0.277. The molecule has 1 unspecified atom stereocenters. The van der Waals surface area contributed by atoms with E-state index >= 15 is 0 Å². The normalized spacial score (nSPS) is 22.0. The molecule has 1 fully saturated rings. The van der Waals surface area contributed by atoms with Crippen molar-refractivity contribution in [1.82, 2.24) is 10.2 Å². The van der Waals surface area contributed by atoms with E-state index in [1.54, 1.807) is 0 Å². The molecule has 1 aliphatic heterocycles. The molecule has 1 atom stereocenters. The van der Waals surface area contributed by atoms with Crippen LogP contribution < -0.4 is 5.32 Å². The van der Waals surface area contributed by atoms with Gasteiger partial charge in [0.25, 0.3) is 0 Å². The molecular formula is C11H22N2O. The van der Waals surface area contributed by atoms with Gasteiger partial charge in [-0.2, -0.15) is 0 Å². The summed E-state index contributed by atoms with van der Waals surface area (Å²) in [5, 5.41) is 3.26. The van der Waals surface area contributed by atoms with Gasteiger partial charge in [-0.15, -0.1) is 0 Å². The van der Waals surface area contributed by atoms with Gasteiger partial charge in [-0.05, 0) is 12.8 Å². The van der Waals surface area contributed by atoms with Crippen LogP contribution in [-0.4, -0.2) is 30.1 Å². The molecule has 0 aromatic carbocycles. The van der Waals surface area contributed by atoms with Gasteiger partial charge in [0.2, 0.25) is 5.91 Å². The Balaban J connectivity index is 2.33. The van der Waals surface area contributed by atoms with Crippen molar-refractivity contribution >= 4 is 5.91 Å². The molecule has 0 aromatic heterocycles. The van der Waals surface area contributed by atoms with Gasteiger partial charge < -0.3 is 4.90 Å². The highest BCUT2D eigenvalue weighted by atomic mass is 16.2. The molecule has 0 bridgehead atoms. The molecular weight excluding hydrogens is 176 g/mol. The number of hydrogen-bond donors (Lipinski definition) is 1. The fourth-order valence-corrected chi connectivity index (χ4v) is 1.93. The Hall–Kier alpha value is -0.570. The molecule has 0 aliphatic carbocycles. The van der Waals surface area contributed by atoms with Crippen molar-refractivity contribution in [3.05, 3.63) is 0 Å². The van der Waals surface area contributed by atoms with E-state index in [2.05, 4.69) is 19.2 Å². The van der Waals surface area contributed by atoms with Gasteiger partial charge in [0.1, 0.15) is 0 Å². The third-order valence-corrected chi connectivity index (χ3v) is 2.75. The minimum Gasteiger partial charge on any atom is -0.326 e. The van der Waals surface area contributed by atoms with Crippen LogP contribution in [0.1, 0.15) is 46.0 Å². The van der Waals surface area contributed by atoms with Crippen LogP contribution >= 0.6 is 0 Å². The average Bonchev–Trinajstić information content (AvgIpc) is 2.50. The number of nitrogens with one attached hydrogen (secondary N) is 1. The highest BCUT2D eigenvalue weighted by molar-refractivity contribution is 5.80. The van der Waals surface area contributed by atoms with Crippen molar-refractivity contribution in [3.63, 3.8) is 0 Å². The summed E-state index contributed by atoms with van der Waals surface area (Å²) in [7, 11) is 0. The number of carbonyl (C=O) groups excluding carboxylic acids is 1. The molecule has 3 heteroatoms. The molecule has 82 valence electrons. The highest BCUT2D eigenvalue weighted by Crippen LogP contribution is 2.11. The molecule has 0 radical (unpaired) electrons. The molecule has 1 rings (SSSR count). The number of nitrogens with zero attached hydrogens (tertiary/aromatic N) is 1. The second-order valence-electron chi connectivity index (χ2n) is 3.98. The van der Waals surface area contributed by atoms with Crippen LogP contribution in [0.2, 0.25) is 0 Å². The Morgan fingerprint density at radius 1 is 1.36 bits per heavy atom. The lowest BCUT2D eigenvalue weighted by Crippen LogP contribution is -2.37. The van der Waals surface area contributed by atoms with E-state index in [9.17, 15) is 4.79 Å². The third kappa shape index (κ3) is 2.98. The molecule has 0 aromatic rings. The highest BCUT2D eigenvalue weighted by Gasteiger charge is 2.28. The van der Waals surface area contributed by atoms with Crippen LogP contribution in [0.5, 0.6) is 0 Å². The van der Waals surface area contributed by atoms with Crippen molar-refractivity contribution in [3.8, 4) is 0 Å². The van der Waals surface area contributed by atoms with E-state index in [0.717, 1.165) is 25.8 Å². The van der Waals surface area contributed by atoms with Crippen molar-refractivity contribution in [1.29, 1.82) is 0 Å². The molecule has 3 nitrogen and oxygen atoms in total. The summed E-state index contributed by atoms with van der Waals surface area (Å²) in [5.74, 6) is 0.277. The fraction of sp³-hybridized carbons (Fsp3) is 0.909. The molecule has 1 amide bonds. The van der Waals surface area contributed by atoms with Crippen LogP contribution in [0.25, 0.3) is 0 Å². The second-order valence-corrected chi connectivity index (χ2v) is 3.98. The predicted octanol–water partition coefficient (Wildman–Crippen LogP) is 1.73. The van der Waals surface area contributed by atoms with Crippen LogP contribution in [0, 0.1) is 0 Å². The fourth-order valence-electron chi connectivity index (χ4n) is 1.93. The van der Waals surface area contributed by atoms with Gasteiger partial charge in [0.05, 0.1) is 12.7 Å². The first-order chi connectivity index (χ1) is 6.79. The summed E-state index contributed by atoms with van der Waals surface area (Å²) in [6.45, 7) is 5.82. The standard InChI is InChI=1S/C11H22N2O/c1-3-5-6-8-13-10(7-4-2)12-9-11(13)14/h10,12H,3-9H2,1-2H3. The smallest absolute Gasteiger partial charge is 0.237 e. The second kappa shape index (κ2) is 6.02. The largest absolute Gasteiger partial charge is 0.326 e. The Kier molecular flexibility index (Phi) is 4.94. The minimum absolute atomic E-state index is 0.277. The SMILES string of the molecule is CCCCCN1C(=O)CNC1CCC. The van der Waals surface area contributed by atoms with Crippen LogP contribution in [0.15, 0.2) is 0 Å². The zero-order valence-electron chi connectivity index (χ0n) is 9.38. The van der Waals surface area contributed by atoms with E-state index in [1.807, 2.05) is 4.90 Å². The van der Waals surface area contributed by atoms with Gasteiger partial charge >= 0.3 is 0 Å². The Morgan fingerprint density at radius 3 is 2.79 bits per heavy atom. The summed E-state index contributed by atoms with van der Waals surface area (Å²) in [6.07, 6.45) is 6.11. The maximum Gasteiger partial charge on any atom is 0.237 e. The third-order valence-electron chi connectivity index (χ3n) is 2.75. The first-order valence-corrected chi connectivity index (χ1v) is 5.82. The molecule has 14 heavy (non-hydrogen) atoms. The number of rotatable bonds is 6. The van der Waals surface area contributed by atoms with Gasteiger partial charge in [0, 0.05) is 6.54 Å². The van der Waals surface area contributed by atoms with E-state index < -0.39 is 0 Å². The van der Waals surface area contributed by atoms with Gasteiger partial charge in [0.15, 0.2) is 0 Å². The van der Waals surface area contributed by atoms with E-state index in [1.165, 1.54) is 12.8 Å². The summed E-state index contributed by atoms with van der Waals surface area (Å²) < 4.78 is 0. The van der Waals surface area contributed by atoms with Crippen molar-refractivity contribution in [2.45, 2.75) is 52.1 Å². The lowest BCUT2D eigenvalue weighted by molar-refractivity contribution is -0.128. The molecule has 0 spiro atoms. The van der Waals surface area contributed by atoms with E-state index in [4.69, 9.17) is 0 Å². The zero-order chi connectivity index (χ0) is 10.4.